The molecular weight excluding hydrogens is 226 g/mol. The molecule has 0 fully saturated rings. The molecule has 1 unspecified atom stereocenters. The van der Waals surface area contributed by atoms with Crippen molar-refractivity contribution in [1.82, 2.24) is 0 Å². The van der Waals surface area contributed by atoms with E-state index in [0.29, 0.717) is 0 Å². The third kappa shape index (κ3) is 3.36. The molecule has 2 nitrogen and oxygen atoms in total. The van der Waals surface area contributed by atoms with E-state index in [1.165, 1.54) is 5.92 Å². The van der Waals surface area contributed by atoms with Gasteiger partial charge in [-0.2, -0.15) is 8.78 Å². The number of aryl methyl sites for hydroxylation is 1. The van der Waals surface area contributed by atoms with Crippen LogP contribution in [-0.2, 0) is 11.2 Å². The minimum absolute atomic E-state index is 0.218. The number of aliphatic hydroxyl groups excluding tert-OH is 1. The zero-order valence-corrected chi connectivity index (χ0v) is 9.07. The third-order valence-electron chi connectivity index (χ3n) is 2.40. The Hall–Kier alpha value is -1.73. The van der Waals surface area contributed by atoms with E-state index in [1.807, 2.05) is 0 Å². The van der Waals surface area contributed by atoms with Crippen LogP contribution in [0.2, 0.25) is 0 Å². The van der Waals surface area contributed by atoms with E-state index in [0.717, 1.165) is 5.56 Å². The van der Waals surface area contributed by atoms with Gasteiger partial charge in [0.2, 0.25) is 0 Å². The van der Waals surface area contributed by atoms with Crippen molar-refractivity contribution in [3.63, 3.8) is 0 Å². The van der Waals surface area contributed by atoms with Gasteiger partial charge in [0, 0.05) is 0 Å². The standard InChI is InChI=1S/C13H12F2O2/c1-2-11(16)13(14,15)12(17)9-8-10-6-4-3-5-7-10/h1,3-7,12,17H,8-9H2. The van der Waals surface area contributed by atoms with Gasteiger partial charge in [-0.05, 0) is 24.3 Å². The van der Waals surface area contributed by atoms with E-state index in [4.69, 9.17) is 0 Å². The lowest BCUT2D eigenvalue weighted by Crippen LogP contribution is -2.41. The minimum Gasteiger partial charge on any atom is -0.386 e. The summed E-state index contributed by atoms with van der Waals surface area (Å²) in [5, 5.41) is 9.27. The summed E-state index contributed by atoms with van der Waals surface area (Å²) in [5.41, 5.74) is 0.815. The molecule has 0 amide bonds. The number of carbonyl (C=O) groups is 1. The molecule has 0 spiro atoms. The highest BCUT2D eigenvalue weighted by molar-refractivity contribution is 6.00. The molecule has 0 radical (unpaired) electrons. The monoisotopic (exact) mass is 238 g/mol. The van der Waals surface area contributed by atoms with Crippen LogP contribution in [-0.4, -0.2) is 22.9 Å². The molecule has 0 saturated heterocycles. The highest BCUT2D eigenvalue weighted by atomic mass is 19.3. The van der Waals surface area contributed by atoms with Gasteiger partial charge in [0.05, 0.1) is 0 Å². The molecule has 0 saturated carbocycles. The highest BCUT2D eigenvalue weighted by Crippen LogP contribution is 2.23. The predicted octanol–water partition coefficient (Wildman–Crippen LogP) is 1.82. The van der Waals surface area contributed by atoms with Crippen LogP contribution in [0.25, 0.3) is 0 Å². The van der Waals surface area contributed by atoms with Crippen LogP contribution in [0, 0.1) is 12.3 Å². The number of halogens is 2. The Bertz CT molecular complexity index is 421. The number of hydrogen-bond donors (Lipinski definition) is 1. The zero-order valence-electron chi connectivity index (χ0n) is 9.07. The Morgan fingerprint density at radius 3 is 2.53 bits per heavy atom. The molecular formula is C13H12F2O2. The first kappa shape index (κ1) is 13.3. The number of hydrogen-bond acceptors (Lipinski definition) is 2. The van der Waals surface area contributed by atoms with Crippen LogP contribution in [0.3, 0.4) is 0 Å². The summed E-state index contributed by atoms with van der Waals surface area (Å²) in [4.78, 5) is 10.7. The third-order valence-corrected chi connectivity index (χ3v) is 2.40. The number of ketones is 1. The Morgan fingerprint density at radius 2 is 2.00 bits per heavy atom. The summed E-state index contributed by atoms with van der Waals surface area (Å²) in [7, 11) is 0. The van der Waals surface area contributed by atoms with Gasteiger partial charge in [-0.3, -0.25) is 4.79 Å². The number of alkyl halides is 2. The zero-order chi connectivity index (χ0) is 12.9. The molecule has 0 aliphatic rings. The summed E-state index contributed by atoms with van der Waals surface area (Å²) < 4.78 is 26.3. The van der Waals surface area contributed by atoms with Gasteiger partial charge in [0.1, 0.15) is 6.10 Å². The molecule has 1 N–H and O–H groups in total. The average molecular weight is 238 g/mol. The minimum atomic E-state index is -3.87. The lowest BCUT2D eigenvalue weighted by Gasteiger charge is -2.18. The molecule has 17 heavy (non-hydrogen) atoms. The highest BCUT2D eigenvalue weighted by Gasteiger charge is 2.44. The molecule has 1 rings (SSSR count). The second-order valence-corrected chi connectivity index (χ2v) is 3.64. The quantitative estimate of drug-likeness (QED) is 0.627. The Balaban J connectivity index is 2.59. The van der Waals surface area contributed by atoms with Gasteiger partial charge in [-0.25, -0.2) is 0 Å². The van der Waals surface area contributed by atoms with Gasteiger partial charge in [0.25, 0.3) is 5.78 Å². The fourth-order valence-electron chi connectivity index (χ4n) is 1.38. The van der Waals surface area contributed by atoms with Gasteiger partial charge in [-0.1, -0.05) is 30.3 Å². The van der Waals surface area contributed by atoms with E-state index in [9.17, 15) is 18.7 Å². The lowest BCUT2D eigenvalue weighted by atomic mass is 10.0. The van der Waals surface area contributed by atoms with Gasteiger partial charge in [0.15, 0.2) is 0 Å². The maximum absolute atomic E-state index is 13.2. The molecule has 0 aromatic heterocycles. The summed E-state index contributed by atoms with van der Waals surface area (Å²) in [6, 6.07) is 8.86. The topological polar surface area (TPSA) is 37.3 Å². The Labute approximate surface area is 98.3 Å². The van der Waals surface area contributed by atoms with Crippen LogP contribution in [0.4, 0.5) is 8.78 Å². The second-order valence-electron chi connectivity index (χ2n) is 3.64. The van der Waals surface area contributed by atoms with Crippen molar-refractivity contribution in [2.45, 2.75) is 24.9 Å². The normalized spacial score (nSPS) is 12.8. The fraction of sp³-hybridized carbons (Fsp3) is 0.308. The largest absolute Gasteiger partial charge is 0.386 e. The molecule has 1 aromatic rings. The van der Waals surface area contributed by atoms with E-state index in [-0.39, 0.29) is 12.8 Å². The molecule has 90 valence electrons. The van der Waals surface area contributed by atoms with Gasteiger partial charge < -0.3 is 5.11 Å². The average Bonchev–Trinajstić information content (AvgIpc) is 2.35. The van der Waals surface area contributed by atoms with Crippen molar-refractivity contribution < 1.29 is 18.7 Å². The van der Waals surface area contributed by atoms with E-state index in [1.54, 1.807) is 30.3 Å². The lowest BCUT2D eigenvalue weighted by molar-refractivity contribution is -0.155. The first-order valence-electron chi connectivity index (χ1n) is 5.09. The maximum Gasteiger partial charge on any atom is 0.342 e. The number of aliphatic hydroxyl groups is 1. The van der Waals surface area contributed by atoms with Crippen molar-refractivity contribution >= 4 is 5.78 Å². The van der Waals surface area contributed by atoms with Crippen molar-refractivity contribution in [3.05, 3.63) is 35.9 Å². The molecule has 4 heteroatoms. The van der Waals surface area contributed by atoms with Gasteiger partial charge in [-0.15, -0.1) is 6.42 Å². The predicted molar refractivity (Wildman–Crippen MR) is 59.6 cm³/mol. The Morgan fingerprint density at radius 1 is 1.41 bits per heavy atom. The van der Waals surface area contributed by atoms with E-state index in [2.05, 4.69) is 6.42 Å². The molecule has 1 atom stereocenters. The summed E-state index contributed by atoms with van der Waals surface area (Å²) in [6.07, 6.45) is 2.60. The maximum atomic E-state index is 13.2. The summed E-state index contributed by atoms with van der Waals surface area (Å²) >= 11 is 0. The smallest absolute Gasteiger partial charge is 0.342 e. The molecule has 0 aliphatic heterocycles. The van der Waals surface area contributed by atoms with Crippen molar-refractivity contribution in [1.29, 1.82) is 0 Å². The number of rotatable bonds is 5. The number of carbonyl (C=O) groups excluding carboxylic acids is 1. The van der Waals surface area contributed by atoms with Crippen LogP contribution >= 0.6 is 0 Å². The molecule has 0 aliphatic carbocycles. The summed E-state index contributed by atoms with van der Waals surface area (Å²) in [5.74, 6) is -4.22. The van der Waals surface area contributed by atoms with Gasteiger partial charge >= 0.3 is 5.92 Å². The number of benzene rings is 1. The van der Waals surface area contributed by atoms with Crippen molar-refractivity contribution in [3.8, 4) is 12.3 Å². The Kier molecular flexibility index (Phi) is 4.36. The van der Waals surface area contributed by atoms with E-state index < -0.39 is 17.8 Å². The fourth-order valence-corrected chi connectivity index (χ4v) is 1.38. The summed E-state index contributed by atoms with van der Waals surface area (Å²) in [6.45, 7) is 0. The number of Topliss-reactive ketones (excluding diaryl/α,β-unsaturated/α-hetero) is 1. The second kappa shape index (κ2) is 5.55. The number of terminal acetylenes is 1. The van der Waals surface area contributed by atoms with Crippen LogP contribution < -0.4 is 0 Å². The molecule has 0 bridgehead atoms. The van der Waals surface area contributed by atoms with Crippen LogP contribution in [0.1, 0.15) is 12.0 Å². The first-order chi connectivity index (χ1) is 7.98. The van der Waals surface area contributed by atoms with E-state index >= 15 is 0 Å². The molecule has 1 aromatic carbocycles. The van der Waals surface area contributed by atoms with Crippen molar-refractivity contribution in [2.75, 3.05) is 0 Å². The SMILES string of the molecule is C#CC(=O)C(F)(F)C(O)CCc1ccccc1. The first-order valence-corrected chi connectivity index (χ1v) is 5.09. The van der Waals surface area contributed by atoms with Crippen LogP contribution in [0.15, 0.2) is 30.3 Å². The molecule has 0 heterocycles. The van der Waals surface area contributed by atoms with Crippen LogP contribution in [0.5, 0.6) is 0 Å². The van der Waals surface area contributed by atoms with Crippen molar-refractivity contribution in [2.24, 2.45) is 0 Å².